The molecule has 32 heavy (non-hydrogen) atoms. The van der Waals surface area contributed by atoms with Crippen LogP contribution in [0.4, 0.5) is 0 Å². The Morgan fingerprint density at radius 2 is 1.19 bits per heavy atom. The van der Waals surface area contributed by atoms with Gasteiger partial charge in [0.2, 0.25) is 0 Å². The van der Waals surface area contributed by atoms with Gasteiger partial charge in [-0.2, -0.15) is 0 Å². The second kappa shape index (κ2) is 7.62. The summed E-state index contributed by atoms with van der Waals surface area (Å²) in [5, 5.41) is 5.30. The third-order valence-corrected chi connectivity index (χ3v) is 7.38. The normalized spacial score (nSPS) is 14.7. The third-order valence-electron chi connectivity index (χ3n) is 7.38. The summed E-state index contributed by atoms with van der Waals surface area (Å²) < 4.78 is 1.09. The first-order valence-electron chi connectivity index (χ1n) is 11.7. The van der Waals surface area contributed by atoms with Gasteiger partial charge in [-0.25, -0.2) is 0 Å². The predicted octanol–water partition coefficient (Wildman–Crippen LogP) is 7.71. The van der Waals surface area contributed by atoms with Gasteiger partial charge in [-0.3, -0.25) is 0 Å². The van der Waals surface area contributed by atoms with Crippen LogP contribution in [0.5, 0.6) is 0 Å². The van der Waals surface area contributed by atoms with E-state index in [1.54, 1.807) is 0 Å². The lowest BCUT2D eigenvalue weighted by molar-refractivity contribution is -0.958. The molecule has 0 fully saturated rings. The summed E-state index contributed by atoms with van der Waals surface area (Å²) in [6, 6.07) is 38.1. The molecule has 0 radical (unpaired) electrons. The zero-order chi connectivity index (χ0) is 21.5. The largest absolute Gasteiger partial charge is 0.313 e. The van der Waals surface area contributed by atoms with Gasteiger partial charge in [-0.15, -0.1) is 0 Å². The van der Waals surface area contributed by atoms with E-state index >= 15 is 0 Å². The van der Waals surface area contributed by atoms with Crippen molar-refractivity contribution in [1.82, 2.24) is 0 Å². The molecule has 1 nitrogen and oxygen atoms in total. The molecule has 0 saturated heterocycles. The first-order chi connectivity index (χ1) is 15.8. The summed E-state index contributed by atoms with van der Waals surface area (Å²) in [5.41, 5.74) is 7.24. The highest BCUT2D eigenvalue weighted by Crippen LogP contribution is 2.40. The van der Waals surface area contributed by atoms with Crippen LogP contribution in [-0.4, -0.2) is 11.0 Å². The highest BCUT2D eigenvalue weighted by Gasteiger charge is 2.35. The minimum Gasteiger partial charge on any atom is -0.313 e. The van der Waals surface area contributed by atoms with E-state index in [0.717, 1.165) is 30.7 Å². The number of fused-ring (bicyclic) bond motifs is 3. The quantitative estimate of drug-likeness (QED) is 0.264. The Morgan fingerprint density at radius 1 is 0.594 bits per heavy atom. The van der Waals surface area contributed by atoms with Crippen molar-refractivity contribution in [3.63, 3.8) is 0 Å². The Hall–Kier alpha value is -3.42. The fraction of sp³-hybridized carbons (Fsp3) is 0.161. The van der Waals surface area contributed by atoms with Crippen molar-refractivity contribution in [2.45, 2.75) is 26.6 Å². The van der Waals surface area contributed by atoms with Crippen LogP contribution < -0.4 is 0 Å². The van der Waals surface area contributed by atoms with E-state index in [-0.39, 0.29) is 0 Å². The SMILES string of the molecule is CC[N+]1(Cc2ccc3ccccc3c2-c2cccc3ccccc23)Cc2ccccc2C1. The lowest BCUT2D eigenvalue weighted by Crippen LogP contribution is -2.41. The first kappa shape index (κ1) is 19.3. The minimum absolute atomic E-state index is 1.05. The molecule has 0 amide bonds. The van der Waals surface area contributed by atoms with Gasteiger partial charge >= 0.3 is 0 Å². The van der Waals surface area contributed by atoms with Crippen LogP contribution in [0, 0.1) is 0 Å². The fourth-order valence-corrected chi connectivity index (χ4v) is 5.66. The average molecular weight is 415 g/mol. The van der Waals surface area contributed by atoms with Crippen LogP contribution in [0.3, 0.4) is 0 Å². The smallest absolute Gasteiger partial charge is 0.106 e. The molecule has 5 aromatic carbocycles. The summed E-state index contributed by atoms with van der Waals surface area (Å²) in [7, 11) is 0. The third kappa shape index (κ3) is 3.13. The maximum absolute atomic E-state index is 2.39. The zero-order valence-electron chi connectivity index (χ0n) is 18.6. The van der Waals surface area contributed by atoms with Gasteiger partial charge in [-0.05, 0) is 39.6 Å². The number of hydrogen-bond acceptors (Lipinski definition) is 0. The van der Waals surface area contributed by atoms with Crippen molar-refractivity contribution in [1.29, 1.82) is 0 Å². The van der Waals surface area contributed by atoms with E-state index in [1.165, 1.54) is 49.4 Å². The van der Waals surface area contributed by atoms with Crippen LogP contribution in [0.2, 0.25) is 0 Å². The number of quaternary nitrogens is 1. The van der Waals surface area contributed by atoms with E-state index < -0.39 is 0 Å². The Labute approximate surface area is 190 Å². The molecular weight excluding hydrogens is 386 g/mol. The molecule has 0 spiro atoms. The molecule has 0 N–H and O–H groups in total. The fourth-order valence-electron chi connectivity index (χ4n) is 5.66. The maximum Gasteiger partial charge on any atom is 0.106 e. The molecule has 0 aromatic heterocycles. The Morgan fingerprint density at radius 3 is 1.91 bits per heavy atom. The van der Waals surface area contributed by atoms with E-state index in [1.807, 2.05) is 0 Å². The lowest BCUT2D eigenvalue weighted by Gasteiger charge is -2.34. The molecule has 5 aromatic rings. The summed E-state index contributed by atoms with van der Waals surface area (Å²) in [6.07, 6.45) is 0. The van der Waals surface area contributed by atoms with Crippen LogP contribution in [0.25, 0.3) is 32.7 Å². The number of rotatable bonds is 4. The summed E-state index contributed by atoms with van der Waals surface area (Å²) >= 11 is 0. The van der Waals surface area contributed by atoms with Crippen molar-refractivity contribution in [3.05, 3.63) is 120 Å². The minimum atomic E-state index is 1.05. The van der Waals surface area contributed by atoms with Crippen molar-refractivity contribution < 1.29 is 4.48 Å². The predicted molar refractivity (Wildman–Crippen MR) is 135 cm³/mol. The van der Waals surface area contributed by atoms with E-state index in [2.05, 4.69) is 110 Å². The standard InChI is InChI=1S/C31H28N/c1-2-32(20-25-12-3-4-13-26(25)21-32)22-27-19-18-24-11-6-8-16-29(24)31(27)30-17-9-14-23-10-5-7-15-28(23)30/h3-19H,2,20-22H2,1H3/q+1. The molecular formula is C31H28N+. The molecule has 1 aliphatic rings. The molecule has 0 bridgehead atoms. The molecule has 0 atom stereocenters. The molecule has 1 heteroatoms. The molecule has 0 unspecified atom stereocenters. The average Bonchev–Trinajstić information content (AvgIpc) is 3.22. The van der Waals surface area contributed by atoms with Crippen LogP contribution in [0.15, 0.2) is 103 Å². The number of nitrogens with zero attached hydrogens (tertiary/aromatic N) is 1. The van der Waals surface area contributed by atoms with Crippen molar-refractivity contribution in [3.8, 4) is 11.1 Å². The molecule has 6 rings (SSSR count). The van der Waals surface area contributed by atoms with Gasteiger partial charge in [0.1, 0.15) is 19.6 Å². The van der Waals surface area contributed by atoms with Gasteiger partial charge in [-0.1, -0.05) is 103 Å². The molecule has 1 heterocycles. The molecule has 156 valence electrons. The Kier molecular flexibility index (Phi) is 4.59. The first-order valence-corrected chi connectivity index (χ1v) is 11.7. The van der Waals surface area contributed by atoms with Gasteiger partial charge in [0, 0.05) is 16.7 Å². The van der Waals surface area contributed by atoms with Gasteiger partial charge in [0.15, 0.2) is 0 Å². The Bertz CT molecular complexity index is 1420. The van der Waals surface area contributed by atoms with Gasteiger partial charge < -0.3 is 4.48 Å². The topological polar surface area (TPSA) is 0 Å². The zero-order valence-corrected chi connectivity index (χ0v) is 18.6. The second-order valence-corrected chi connectivity index (χ2v) is 9.25. The molecule has 0 aliphatic carbocycles. The number of benzene rings is 5. The Balaban J connectivity index is 1.56. The highest BCUT2D eigenvalue weighted by atomic mass is 15.4. The lowest BCUT2D eigenvalue weighted by atomic mass is 9.89. The monoisotopic (exact) mass is 414 g/mol. The van der Waals surface area contributed by atoms with Gasteiger partial charge in [0.05, 0.1) is 6.54 Å². The van der Waals surface area contributed by atoms with Crippen LogP contribution in [0.1, 0.15) is 23.6 Å². The van der Waals surface area contributed by atoms with Gasteiger partial charge in [0.25, 0.3) is 0 Å². The van der Waals surface area contributed by atoms with Crippen molar-refractivity contribution in [2.24, 2.45) is 0 Å². The summed E-state index contributed by atoms with van der Waals surface area (Å²) in [6.45, 7) is 6.78. The maximum atomic E-state index is 2.39. The van der Waals surface area contributed by atoms with E-state index in [0.29, 0.717) is 0 Å². The second-order valence-electron chi connectivity index (χ2n) is 9.25. The van der Waals surface area contributed by atoms with Crippen molar-refractivity contribution >= 4 is 21.5 Å². The van der Waals surface area contributed by atoms with E-state index in [4.69, 9.17) is 0 Å². The van der Waals surface area contributed by atoms with Crippen LogP contribution in [-0.2, 0) is 19.6 Å². The van der Waals surface area contributed by atoms with E-state index in [9.17, 15) is 0 Å². The number of hydrogen-bond donors (Lipinski definition) is 0. The molecule has 1 aliphatic heterocycles. The highest BCUT2D eigenvalue weighted by molar-refractivity contribution is 6.06. The summed E-state index contributed by atoms with van der Waals surface area (Å²) in [4.78, 5) is 0. The molecule has 0 saturated carbocycles. The summed E-state index contributed by atoms with van der Waals surface area (Å²) in [5.74, 6) is 0. The van der Waals surface area contributed by atoms with Crippen molar-refractivity contribution in [2.75, 3.05) is 6.54 Å². The van der Waals surface area contributed by atoms with Crippen LogP contribution >= 0.6 is 0 Å².